The van der Waals surface area contributed by atoms with E-state index in [0.29, 0.717) is 21.9 Å². The van der Waals surface area contributed by atoms with Gasteiger partial charge in [-0.3, -0.25) is 9.59 Å². The van der Waals surface area contributed by atoms with Crippen LogP contribution in [0.25, 0.3) is 10.2 Å². The first-order chi connectivity index (χ1) is 17.4. The maximum atomic E-state index is 12.7. The van der Waals surface area contributed by atoms with Crippen LogP contribution >= 0.6 is 34.4 Å². The Kier molecular flexibility index (Phi) is 8.81. The number of thioether (sulfide) groups is 1. The number of aromatic nitrogens is 1. The Morgan fingerprint density at radius 2 is 2.03 bits per heavy atom. The average Bonchev–Trinajstić information content (AvgIpc) is 3.36. The number of thiophene rings is 1. The second kappa shape index (κ2) is 12.0. The number of hydrogen-bond acceptors (Lipinski definition) is 7. The number of nitrogens with one attached hydrogen (secondary N) is 1. The summed E-state index contributed by atoms with van der Waals surface area (Å²) < 4.78 is 8.28. The van der Waals surface area contributed by atoms with Crippen LogP contribution in [-0.4, -0.2) is 40.5 Å². The minimum Gasteiger partial charge on any atom is -0.462 e. The van der Waals surface area contributed by atoms with Crippen LogP contribution in [0.1, 0.15) is 46.1 Å². The molecule has 0 saturated carbocycles. The Morgan fingerprint density at radius 1 is 1.22 bits per heavy atom. The smallest absolute Gasteiger partial charge is 0.341 e. The molecule has 0 fully saturated rings. The largest absolute Gasteiger partial charge is 0.462 e. The first-order valence-electron chi connectivity index (χ1n) is 11.9. The molecule has 0 radical (unpaired) electrons. The van der Waals surface area contributed by atoms with Crippen molar-refractivity contribution in [1.82, 2.24) is 4.57 Å². The third kappa shape index (κ3) is 5.99. The van der Waals surface area contributed by atoms with Gasteiger partial charge in [0, 0.05) is 11.4 Å². The Hall–Kier alpha value is -2.69. The third-order valence-corrected chi connectivity index (χ3v) is 8.90. The van der Waals surface area contributed by atoms with Crippen molar-refractivity contribution in [3.05, 3.63) is 57.2 Å². The van der Waals surface area contributed by atoms with Crippen LogP contribution in [0, 0.1) is 6.92 Å². The lowest BCUT2D eigenvalue weighted by Gasteiger charge is -2.12. The number of carbonyl (C=O) groups is 3. The second-order valence-corrected chi connectivity index (χ2v) is 11.5. The number of allylic oxidation sites excluding steroid dienone is 1. The number of ether oxygens (including phenoxy) is 1. The summed E-state index contributed by atoms with van der Waals surface area (Å²) in [5.74, 6) is -0.769. The number of aryl methyl sites for hydroxylation is 2. The average molecular weight is 544 g/mol. The van der Waals surface area contributed by atoms with Crippen molar-refractivity contribution in [1.29, 1.82) is 0 Å². The predicted molar refractivity (Wildman–Crippen MR) is 148 cm³/mol. The SMILES string of the molecule is C=CCn1c(=NC(=O)CSCC(=O)Nc2sc3c(c2C(=O)OCC)CCCC3)sc2cc(C)ccc21. The Labute approximate surface area is 222 Å². The summed E-state index contributed by atoms with van der Waals surface area (Å²) in [4.78, 5) is 43.9. The molecule has 7 nitrogen and oxygen atoms in total. The topological polar surface area (TPSA) is 89.8 Å². The van der Waals surface area contributed by atoms with Gasteiger partial charge in [0.2, 0.25) is 5.91 Å². The van der Waals surface area contributed by atoms with Gasteiger partial charge in [-0.2, -0.15) is 4.99 Å². The van der Waals surface area contributed by atoms with Gasteiger partial charge in [0.25, 0.3) is 5.91 Å². The minimum atomic E-state index is -0.389. The van der Waals surface area contributed by atoms with Crippen LogP contribution in [0.3, 0.4) is 0 Å². The molecule has 190 valence electrons. The maximum absolute atomic E-state index is 12.7. The van der Waals surface area contributed by atoms with Gasteiger partial charge in [-0.1, -0.05) is 23.5 Å². The van der Waals surface area contributed by atoms with Gasteiger partial charge in [0.1, 0.15) is 5.00 Å². The van der Waals surface area contributed by atoms with E-state index >= 15 is 0 Å². The normalized spacial score (nSPS) is 13.4. The summed E-state index contributed by atoms with van der Waals surface area (Å²) in [6.07, 6.45) is 5.62. The first kappa shape index (κ1) is 26.4. The molecule has 3 aromatic rings. The van der Waals surface area contributed by atoms with Gasteiger partial charge in [-0.05, 0) is 62.8 Å². The summed E-state index contributed by atoms with van der Waals surface area (Å²) in [5.41, 5.74) is 3.66. The van der Waals surface area contributed by atoms with Crippen molar-refractivity contribution in [3.63, 3.8) is 0 Å². The first-order valence-corrected chi connectivity index (χ1v) is 14.7. The molecule has 0 unspecified atom stereocenters. The standard InChI is InChI=1S/C26H29N3O4S3/c1-4-12-29-18-11-10-16(3)13-20(18)36-26(29)28-22(31)15-34-14-21(30)27-24-23(25(32)33-5-2)17-8-6-7-9-19(17)35-24/h4,10-11,13H,1,5-9,12,14-15H2,2-3H3,(H,27,30). The Bertz CT molecular complexity index is 1380. The number of esters is 1. The number of anilines is 1. The fraction of sp³-hybridized carbons (Fsp3) is 0.385. The van der Waals surface area contributed by atoms with Crippen LogP contribution in [0.4, 0.5) is 5.00 Å². The molecular weight excluding hydrogens is 515 g/mol. The number of rotatable bonds is 9. The second-order valence-electron chi connectivity index (χ2n) is 8.44. The third-order valence-electron chi connectivity index (χ3n) is 5.73. The number of amides is 2. The lowest BCUT2D eigenvalue weighted by Crippen LogP contribution is -2.19. The molecule has 36 heavy (non-hydrogen) atoms. The number of thiazole rings is 1. The molecule has 2 heterocycles. The fourth-order valence-corrected chi connectivity index (χ4v) is 7.22. The summed E-state index contributed by atoms with van der Waals surface area (Å²) in [5, 5.41) is 3.43. The molecular formula is C26H29N3O4S3. The van der Waals surface area contributed by atoms with E-state index in [1.165, 1.54) is 34.4 Å². The van der Waals surface area contributed by atoms with Gasteiger partial charge in [0.05, 0.1) is 33.9 Å². The lowest BCUT2D eigenvalue weighted by atomic mass is 9.95. The molecule has 1 aromatic carbocycles. The van der Waals surface area contributed by atoms with E-state index in [1.807, 2.05) is 23.6 Å². The maximum Gasteiger partial charge on any atom is 0.341 e. The molecule has 2 amide bonds. The quantitative estimate of drug-likeness (QED) is 0.299. The van der Waals surface area contributed by atoms with Gasteiger partial charge in [0.15, 0.2) is 4.80 Å². The summed E-state index contributed by atoms with van der Waals surface area (Å²) in [6, 6.07) is 6.14. The van der Waals surface area contributed by atoms with Crippen LogP contribution < -0.4 is 10.1 Å². The van der Waals surface area contributed by atoms with Gasteiger partial charge in [-0.15, -0.1) is 29.7 Å². The highest BCUT2D eigenvalue weighted by atomic mass is 32.2. The molecule has 1 aliphatic rings. The molecule has 2 aromatic heterocycles. The molecule has 1 N–H and O–H groups in total. The monoisotopic (exact) mass is 543 g/mol. The molecule has 0 atom stereocenters. The van der Waals surface area contributed by atoms with Crippen LogP contribution in [0.2, 0.25) is 0 Å². The molecule has 0 saturated heterocycles. The highest BCUT2D eigenvalue weighted by molar-refractivity contribution is 8.00. The number of benzene rings is 1. The zero-order chi connectivity index (χ0) is 25.7. The number of hydrogen-bond donors (Lipinski definition) is 1. The molecule has 0 bridgehead atoms. The molecule has 10 heteroatoms. The number of nitrogens with zero attached hydrogens (tertiary/aromatic N) is 2. The summed E-state index contributed by atoms with van der Waals surface area (Å²) in [7, 11) is 0. The number of carbonyl (C=O) groups excluding carboxylic acids is 3. The van der Waals surface area contributed by atoms with E-state index in [0.717, 1.165) is 51.9 Å². The highest BCUT2D eigenvalue weighted by Gasteiger charge is 2.27. The van der Waals surface area contributed by atoms with E-state index in [4.69, 9.17) is 4.74 Å². The van der Waals surface area contributed by atoms with E-state index in [-0.39, 0.29) is 35.9 Å². The van der Waals surface area contributed by atoms with Crippen molar-refractivity contribution in [3.8, 4) is 0 Å². The Morgan fingerprint density at radius 3 is 2.81 bits per heavy atom. The van der Waals surface area contributed by atoms with Crippen LogP contribution in [0.15, 0.2) is 35.8 Å². The van der Waals surface area contributed by atoms with Crippen molar-refractivity contribution < 1.29 is 19.1 Å². The Balaban J connectivity index is 1.41. The van der Waals surface area contributed by atoms with E-state index in [2.05, 4.69) is 23.0 Å². The summed E-state index contributed by atoms with van der Waals surface area (Å²) >= 11 is 4.13. The zero-order valence-corrected chi connectivity index (χ0v) is 22.9. The molecule has 0 spiro atoms. The molecule has 0 aliphatic heterocycles. The van der Waals surface area contributed by atoms with Crippen molar-refractivity contribution in [2.45, 2.75) is 46.1 Å². The van der Waals surface area contributed by atoms with E-state index < -0.39 is 0 Å². The minimum absolute atomic E-state index is 0.0838. The van der Waals surface area contributed by atoms with Crippen molar-refractivity contribution >= 4 is 67.4 Å². The highest BCUT2D eigenvalue weighted by Crippen LogP contribution is 2.38. The zero-order valence-electron chi connectivity index (χ0n) is 20.4. The number of fused-ring (bicyclic) bond motifs is 2. The predicted octanol–water partition coefficient (Wildman–Crippen LogP) is 5.11. The van der Waals surface area contributed by atoms with E-state index in [9.17, 15) is 14.4 Å². The molecule has 4 rings (SSSR count). The van der Waals surface area contributed by atoms with E-state index in [1.54, 1.807) is 13.0 Å². The van der Waals surface area contributed by atoms with Gasteiger partial charge < -0.3 is 14.6 Å². The van der Waals surface area contributed by atoms with Crippen molar-refractivity contribution in [2.24, 2.45) is 4.99 Å². The lowest BCUT2D eigenvalue weighted by molar-refractivity contribution is -0.115. The summed E-state index contributed by atoms with van der Waals surface area (Å²) in [6.45, 7) is 8.45. The van der Waals surface area contributed by atoms with Crippen molar-refractivity contribution in [2.75, 3.05) is 23.4 Å². The van der Waals surface area contributed by atoms with Gasteiger partial charge >= 0.3 is 5.97 Å². The van der Waals surface area contributed by atoms with Gasteiger partial charge in [-0.25, -0.2) is 4.79 Å². The fourth-order valence-electron chi connectivity index (χ4n) is 4.18. The molecule has 1 aliphatic carbocycles. The van der Waals surface area contributed by atoms with Crippen LogP contribution in [0.5, 0.6) is 0 Å². The van der Waals surface area contributed by atoms with Crippen LogP contribution in [-0.2, 0) is 33.7 Å².